The number of benzene rings is 1. The Morgan fingerprint density at radius 2 is 1.42 bits per heavy atom. The van der Waals surface area contributed by atoms with Crippen molar-refractivity contribution in [3.05, 3.63) is 35.4 Å². The summed E-state index contributed by atoms with van der Waals surface area (Å²) in [6, 6.07) is 1.74. The molecule has 1 heterocycles. The molecular weight excluding hydrogens is 800 g/mol. The summed E-state index contributed by atoms with van der Waals surface area (Å²) in [5.41, 5.74) is 5.49. The monoisotopic (exact) mass is 868 g/mol. The van der Waals surface area contributed by atoms with E-state index in [9.17, 15) is 38.4 Å². The standard InChI is InChI=1S/C41H69N6O10PS/c1-25(2)21-31(39(53)54)45-35(49)29(18-20-59-11)44-37(51)32-13-12-19-47(32)38(52)34(26(3)4)46-36(50)30(43-33(48)23-42)22-27-14-16-28(17-15-27)24-58(55,56-40(5,6)7)57-41(8,9)10/h14-17,25-26,29-32,34H,12-13,18-24,42H2,1-11H3,(H,43,48)(H,44,51)(H,45,49)(H,46,50)(H,53,54)/t29-,30+,31-,32-,34-/m0/s1. The van der Waals surface area contributed by atoms with E-state index in [-0.39, 0.29) is 44.4 Å². The summed E-state index contributed by atoms with van der Waals surface area (Å²) in [4.78, 5) is 80.9. The van der Waals surface area contributed by atoms with Gasteiger partial charge in [-0.25, -0.2) is 4.79 Å². The van der Waals surface area contributed by atoms with Gasteiger partial charge in [0.15, 0.2) is 0 Å². The summed E-state index contributed by atoms with van der Waals surface area (Å²) in [5, 5.41) is 20.5. The maximum Gasteiger partial charge on any atom is 0.336 e. The van der Waals surface area contributed by atoms with Crippen LogP contribution >= 0.6 is 19.4 Å². The summed E-state index contributed by atoms with van der Waals surface area (Å²) in [6.07, 6.45) is 3.19. The lowest BCUT2D eigenvalue weighted by molar-refractivity contribution is -0.144. The van der Waals surface area contributed by atoms with E-state index >= 15 is 0 Å². The molecule has 0 radical (unpaired) electrons. The van der Waals surface area contributed by atoms with Crippen LogP contribution in [0.3, 0.4) is 0 Å². The van der Waals surface area contributed by atoms with Crippen LogP contribution in [0, 0.1) is 11.8 Å². The highest BCUT2D eigenvalue weighted by molar-refractivity contribution is 7.98. The molecule has 5 atom stereocenters. The quantitative estimate of drug-likeness (QED) is 0.0909. The van der Waals surface area contributed by atoms with Gasteiger partial charge in [-0.2, -0.15) is 11.8 Å². The molecule has 1 aliphatic heterocycles. The Morgan fingerprint density at radius 1 is 0.864 bits per heavy atom. The highest BCUT2D eigenvalue weighted by atomic mass is 32.2. The number of nitrogens with one attached hydrogen (secondary N) is 4. The molecule has 5 amide bonds. The third-order valence-corrected chi connectivity index (χ3v) is 12.2. The molecule has 0 aliphatic carbocycles. The van der Waals surface area contributed by atoms with Gasteiger partial charge in [-0.3, -0.25) is 28.5 Å². The first kappa shape index (κ1) is 51.6. The van der Waals surface area contributed by atoms with Crippen LogP contribution < -0.4 is 27.0 Å². The molecule has 0 aromatic heterocycles. The van der Waals surface area contributed by atoms with E-state index in [1.807, 2.05) is 20.1 Å². The second-order valence-electron chi connectivity index (χ2n) is 17.8. The second kappa shape index (κ2) is 22.9. The van der Waals surface area contributed by atoms with E-state index in [4.69, 9.17) is 14.8 Å². The Kier molecular flexibility index (Phi) is 20.1. The predicted molar refractivity (Wildman–Crippen MR) is 230 cm³/mol. The molecule has 1 fully saturated rings. The maximum absolute atomic E-state index is 14.2. The van der Waals surface area contributed by atoms with Crippen LogP contribution in [0.4, 0.5) is 0 Å². The number of carboxylic acid groups (broad SMARTS) is 1. The number of hydrogen-bond donors (Lipinski definition) is 6. The Morgan fingerprint density at radius 3 is 1.92 bits per heavy atom. The fourth-order valence-electron chi connectivity index (χ4n) is 6.61. The van der Waals surface area contributed by atoms with Crippen LogP contribution in [0.2, 0.25) is 0 Å². The van der Waals surface area contributed by atoms with Gasteiger partial charge in [0.2, 0.25) is 29.5 Å². The van der Waals surface area contributed by atoms with Gasteiger partial charge in [0.25, 0.3) is 0 Å². The van der Waals surface area contributed by atoms with Gasteiger partial charge < -0.3 is 46.1 Å². The molecule has 18 heteroatoms. The van der Waals surface area contributed by atoms with Crippen LogP contribution in [0.15, 0.2) is 24.3 Å². The van der Waals surface area contributed by atoms with E-state index in [1.165, 1.54) is 16.7 Å². The highest BCUT2D eigenvalue weighted by Gasteiger charge is 2.41. The number of thioether (sulfide) groups is 1. The molecular formula is C41H69N6O10PS. The largest absolute Gasteiger partial charge is 0.480 e. The Balaban J connectivity index is 2.28. The van der Waals surface area contributed by atoms with Gasteiger partial charge in [-0.15, -0.1) is 0 Å². The number of carbonyl (C=O) groups is 6. The Bertz CT molecular complexity index is 1630. The number of amides is 5. The zero-order valence-electron chi connectivity index (χ0n) is 36.7. The summed E-state index contributed by atoms with van der Waals surface area (Å²) in [6.45, 7) is 17.9. The lowest BCUT2D eigenvalue weighted by atomic mass is 9.99. The molecule has 0 bridgehead atoms. The molecule has 16 nitrogen and oxygen atoms in total. The van der Waals surface area contributed by atoms with Gasteiger partial charge in [0.05, 0.1) is 23.9 Å². The number of aliphatic carboxylic acids is 1. The topological polar surface area (TPSA) is 236 Å². The van der Waals surface area contributed by atoms with Crippen LogP contribution in [0.5, 0.6) is 0 Å². The third-order valence-electron chi connectivity index (χ3n) is 9.14. The minimum Gasteiger partial charge on any atom is -0.480 e. The minimum absolute atomic E-state index is 0.00305. The average molecular weight is 869 g/mol. The normalized spacial score (nSPS) is 16.9. The van der Waals surface area contributed by atoms with Crippen molar-refractivity contribution < 1.29 is 47.5 Å². The van der Waals surface area contributed by atoms with Gasteiger partial charge in [0.1, 0.15) is 30.2 Å². The van der Waals surface area contributed by atoms with Crippen molar-refractivity contribution in [1.29, 1.82) is 0 Å². The number of rotatable bonds is 22. The maximum atomic E-state index is 14.2. The number of nitrogens with zero attached hydrogens (tertiary/aromatic N) is 1. The van der Waals surface area contributed by atoms with Crippen LogP contribution in [-0.2, 0) is 55.0 Å². The highest BCUT2D eigenvalue weighted by Crippen LogP contribution is 2.56. The molecule has 0 spiro atoms. The van der Waals surface area contributed by atoms with Gasteiger partial charge in [-0.1, -0.05) is 52.0 Å². The lowest BCUT2D eigenvalue weighted by Crippen LogP contribution is -2.60. The number of carboxylic acids is 1. The smallest absolute Gasteiger partial charge is 0.336 e. The number of nitrogens with two attached hydrogens (primary N) is 1. The molecule has 1 aromatic rings. The molecule has 1 saturated heterocycles. The average Bonchev–Trinajstić information content (AvgIpc) is 3.60. The fraction of sp³-hybridized carbons (Fsp3) is 0.707. The van der Waals surface area contributed by atoms with Gasteiger partial charge >= 0.3 is 13.6 Å². The summed E-state index contributed by atoms with van der Waals surface area (Å²) >= 11 is 1.47. The summed E-state index contributed by atoms with van der Waals surface area (Å²) in [7, 11) is -3.58. The van der Waals surface area contributed by atoms with Crippen molar-refractivity contribution >= 4 is 54.9 Å². The zero-order chi connectivity index (χ0) is 44.9. The molecule has 1 aliphatic rings. The number of carbonyl (C=O) groups excluding carboxylic acids is 5. The van der Waals surface area contributed by atoms with E-state index in [1.54, 1.807) is 79.7 Å². The number of hydrogen-bond acceptors (Lipinski definition) is 11. The van der Waals surface area contributed by atoms with Crippen LogP contribution in [0.25, 0.3) is 0 Å². The molecule has 0 saturated carbocycles. The molecule has 59 heavy (non-hydrogen) atoms. The Labute approximate surface area is 354 Å². The van der Waals surface area contributed by atoms with Gasteiger partial charge in [-0.05, 0) is 102 Å². The second-order valence-corrected chi connectivity index (χ2v) is 20.7. The SMILES string of the molecule is CSCC[C@H](NC(=O)[C@@H]1CCCN1C(=O)[C@@H](NC(=O)[C@@H](Cc1ccc(CP(=O)(OC(C)(C)C)OC(C)(C)C)cc1)NC(=O)CN)C(C)C)C(=O)N[C@@H](CC(C)C)C(=O)O. The van der Waals surface area contributed by atoms with E-state index in [0.29, 0.717) is 29.7 Å². The molecule has 0 unspecified atom stereocenters. The van der Waals surface area contributed by atoms with Crippen LogP contribution in [-0.4, -0.2) is 112 Å². The molecule has 1 aromatic carbocycles. The van der Waals surface area contributed by atoms with Crippen molar-refractivity contribution in [3.8, 4) is 0 Å². The summed E-state index contributed by atoms with van der Waals surface area (Å²) < 4.78 is 25.7. The van der Waals surface area contributed by atoms with Crippen LogP contribution in [0.1, 0.15) is 106 Å². The zero-order valence-corrected chi connectivity index (χ0v) is 38.4. The first-order valence-electron chi connectivity index (χ1n) is 20.3. The van der Waals surface area contributed by atoms with Gasteiger partial charge in [0, 0.05) is 13.0 Å². The molecule has 2 rings (SSSR count). The molecule has 334 valence electrons. The fourth-order valence-corrected chi connectivity index (χ4v) is 9.57. The molecule has 7 N–H and O–H groups in total. The first-order chi connectivity index (χ1) is 27.3. The Hall–Kier alpha value is -3.50. The van der Waals surface area contributed by atoms with E-state index in [2.05, 4.69) is 21.3 Å². The van der Waals surface area contributed by atoms with Crippen molar-refractivity contribution in [2.24, 2.45) is 17.6 Å². The van der Waals surface area contributed by atoms with Crippen molar-refractivity contribution in [2.75, 3.05) is 25.1 Å². The third kappa shape index (κ3) is 17.9. The number of likely N-dealkylation sites (tertiary alicyclic amines) is 1. The van der Waals surface area contributed by atoms with Crippen molar-refractivity contribution in [2.45, 2.75) is 149 Å². The van der Waals surface area contributed by atoms with E-state index in [0.717, 1.165) is 0 Å². The minimum atomic E-state index is -3.58. The predicted octanol–water partition coefficient (Wildman–Crippen LogP) is 3.98. The lowest BCUT2D eigenvalue weighted by Gasteiger charge is -2.32. The first-order valence-corrected chi connectivity index (χ1v) is 23.4. The van der Waals surface area contributed by atoms with Crippen molar-refractivity contribution in [3.63, 3.8) is 0 Å². The van der Waals surface area contributed by atoms with E-state index < -0.39 is 90.4 Å². The van der Waals surface area contributed by atoms with Crippen molar-refractivity contribution in [1.82, 2.24) is 26.2 Å². The summed E-state index contributed by atoms with van der Waals surface area (Å²) in [5.74, 6) is -3.95.